The zero-order chi connectivity index (χ0) is 26.8. The summed E-state index contributed by atoms with van der Waals surface area (Å²) in [6.45, 7) is 5.31. The molecule has 2 aromatic carbocycles. The number of hydrogen-bond acceptors (Lipinski definition) is 6. The van der Waals surface area contributed by atoms with Crippen LogP contribution in [-0.4, -0.2) is 35.6 Å². The minimum atomic E-state index is -4.33. The van der Waals surface area contributed by atoms with E-state index in [1.54, 1.807) is 51.2 Å². The van der Waals surface area contributed by atoms with E-state index in [9.17, 15) is 18.0 Å². The molecule has 10 heteroatoms. The molecule has 0 atom stereocenters. The number of ether oxygens (including phenoxy) is 1. The summed E-state index contributed by atoms with van der Waals surface area (Å²) in [6, 6.07) is 18.1. The first-order chi connectivity index (χ1) is 17.5. The van der Waals surface area contributed by atoms with Gasteiger partial charge >= 0.3 is 6.09 Å². The number of sulfonamides is 1. The molecule has 0 radical (unpaired) electrons. The molecule has 0 saturated heterocycles. The summed E-state index contributed by atoms with van der Waals surface area (Å²) in [6.07, 6.45) is 3.84. The van der Waals surface area contributed by atoms with E-state index in [1.807, 2.05) is 0 Å². The molecule has 0 N–H and O–H groups in total. The molecule has 2 heterocycles. The summed E-state index contributed by atoms with van der Waals surface area (Å²) in [7, 11) is -4.33. The van der Waals surface area contributed by atoms with Gasteiger partial charge in [0.05, 0.1) is 16.3 Å². The monoisotopic (exact) mass is 537 g/mol. The van der Waals surface area contributed by atoms with E-state index in [-0.39, 0.29) is 16.1 Å². The van der Waals surface area contributed by atoms with E-state index in [1.165, 1.54) is 65.5 Å². The molecule has 4 rings (SSSR count). The predicted octanol–water partition coefficient (Wildman–Crippen LogP) is 6.02. The number of nitrogens with zero attached hydrogens (tertiary/aromatic N) is 3. The summed E-state index contributed by atoms with van der Waals surface area (Å²) in [5, 5.41) is 0.398. The van der Waals surface area contributed by atoms with E-state index >= 15 is 0 Å². The van der Waals surface area contributed by atoms with Gasteiger partial charge in [-0.25, -0.2) is 13.2 Å². The maximum absolute atomic E-state index is 13.7. The minimum Gasteiger partial charge on any atom is -0.443 e. The molecule has 37 heavy (non-hydrogen) atoms. The quantitative estimate of drug-likeness (QED) is 0.308. The number of hydrogen-bond donors (Lipinski definition) is 0. The Morgan fingerprint density at radius 3 is 2.14 bits per heavy atom. The zero-order valence-electron chi connectivity index (χ0n) is 20.3. The van der Waals surface area contributed by atoms with Crippen molar-refractivity contribution in [2.24, 2.45) is 0 Å². The maximum Gasteiger partial charge on any atom is 0.418 e. The highest BCUT2D eigenvalue weighted by Gasteiger charge is 2.32. The molecular weight excluding hydrogens is 514 g/mol. The molecule has 4 aromatic rings. The topological polar surface area (TPSA) is 98.6 Å². The standard InChI is InChI=1S/C27H24ClN3O5S/c1-27(2,3)36-26(33)30-18-4-5-24(30)19-6-12-23(13-7-19)37(34,35)31(22-10-8-21(28)9-11-22)25(32)20-14-16-29-17-15-20/h4-18H,1-3H3. The van der Waals surface area contributed by atoms with Crippen LogP contribution in [0.4, 0.5) is 10.5 Å². The minimum absolute atomic E-state index is 0.107. The van der Waals surface area contributed by atoms with Crippen LogP contribution in [0.3, 0.4) is 0 Å². The number of amides is 1. The Hall–Kier alpha value is -3.95. The van der Waals surface area contributed by atoms with Crippen molar-refractivity contribution < 1.29 is 22.7 Å². The fourth-order valence-corrected chi connectivity index (χ4v) is 5.08. The van der Waals surface area contributed by atoms with Gasteiger partial charge in [0.2, 0.25) is 0 Å². The number of carbonyl (C=O) groups excluding carboxylic acids is 2. The number of pyridine rings is 1. The van der Waals surface area contributed by atoms with E-state index in [0.29, 0.717) is 16.3 Å². The van der Waals surface area contributed by atoms with Gasteiger partial charge < -0.3 is 4.74 Å². The lowest BCUT2D eigenvalue weighted by atomic mass is 10.1. The van der Waals surface area contributed by atoms with Gasteiger partial charge in [-0.3, -0.25) is 14.3 Å². The second kappa shape index (κ2) is 10.2. The van der Waals surface area contributed by atoms with E-state index in [4.69, 9.17) is 16.3 Å². The predicted molar refractivity (Wildman–Crippen MR) is 141 cm³/mol. The summed E-state index contributed by atoms with van der Waals surface area (Å²) in [5.41, 5.74) is 0.728. The van der Waals surface area contributed by atoms with Crippen molar-refractivity contribution in [2.45, 2.75) is 31.3 Å². The Kier molecular flexibility index (Phi) is 7.20. The van der Waals surface area contributed by atoms with Crippen molar-refractivity contribution in [1.82, 2.24) is 9.55 Å². The fraction of sp³-hybridized carbons (Fsp3) is 0.148. The largest absolute Gasteiger partial charge is 0.443 e. The third-order valence-corrected chi connectivity index (χ3v) is 7.18. The first-order valence-corrected chi connectivity index (χ1v) is 13.1. The Balaban J connectivity index is 1.72. The second-order valence-corrected chi connectivity index (χ2v) is 11.3. The van der Waals surface area contributed by atoms with Crippen molar-refractivity contribution >= 4 is 39.3 Å². The summed E-state index contributed by atoms with van der Waals surface area (Å²) in [5.74, 6) is -0.743. The van der Waals surface area contributed by atoms with Crippen molar-refractivity contribution in [3.05, 3.63) is 102 Å². The number of carbonyl (C=O) groups is 2. The van der Waals surface area contributed by atoms with Gasteiger partial charge in [0.1, 0.15) is 5.60 Å². The van der Waals surface area contributed by atoms with Crippen LogP contribution in [0.2, 0.25) is 5.02 Å². The molecule has 0 aliphatic rings. The summed E-state index contributed by atoms with van der Waals surface area (Å²) in [4.78, 5) is 29.8. The van der Waals surface area contributed by atoms with E-state index in [0.717, 1.165) is 4.31 Å². The molecule has 2 aromatic heterocycles. The molecule has 0 spiro atoms. The van der Waals surface area contributed by atoms with Gasteiger partial charge in [-0.15, -0.1) is 0 Å². The Labute approximate surface area is 220 Å². The second-order valence-electron chi connectivity index (χ2n) is 9.06. The van der Waals surface area contributed by atoms with Crippen LogP contribution in [-0.2, 0) is 14.8 Å². The van der Waals surface area contributed by atoms with Gasteiger partial charge in [0.25, 0.3) is 15.9 Å². The first kappa shape index (κ1) is 26.1. The van der Waals surface area contributed by atoms with Crippen molar-refractivity contribution in [3.8, 4) is 11.3 Å². The van der Waals surface area contributed by atoms with Crippen molar-refractivity contribution in [2.75, 3.05) is 4.31 Å². The molecule has 0 aliphatic heterocycles. The molecule has 0 saturated carbocycles. The van der Waals surface area contributed by atoms with Crippen LogP contribution in [0.25, 0.3) is 11.3 Å². The average molecular weight is 538 g/mol. The highest BCUT2D eigenvalue weighted by Crippen LogP contribution is 2.29. The molecule has 0 fully saturated rings. The normalized spacial score (nSPS) is 11.7. The van der Waals surface area contributed by atoms with Crippen molar-refractivity contribution in [1.29, 1.82) is 0 Å². The molecule has 190 valence electrons. The molecule has 1 amide bonds. The van der Waals surface area contributed by atoms with Crippen LogP contribution in [0.15, 0.2) is 96.3 Å². The van der Waals surface area contributed by atoms with Crippen LogP contribution in [0.1, 0.15) is 31.1 Å². The molecular formula is C27H24ClN3O5S. The lowest BCUT2D eigenvalue weighted by Crippen LogP contribution is -2.37. The third kappa shape index (κ3) is 5.73. The molecule has 0 bridgehead atoms. The highest BCUT2D eigenvalue weighted by molar-refractivity contribution is 7.93. The number of anilines is 1. The Bertz CT molecular complexity index is 1530. The summed E-state index contributed by atoms with van der Waals surface area (Å²) >= 11 is 5.98. The molecule has 0 unspecified atom stereocenters. The van der Waals surface area contributed by atoms with Crippen LogP contribution < -0.4 is 4.31 Å². The van der Waals surface area contributed by atoms with E-state index in [2.05, 4.69) is 4.98 Å². The summed E-state index contributed by atoms with van der Waals surface area (Å²) < 4.78 is 35.0. The van der Waals surface area contributed by atoms with E-state index < -0.39 is 27.6 Å². The first-order valence-electron chi connectivity index (χ1n) is 11.2. The van der Waals surface area contributed by atoms with Gasteiger partial charge in [-0.05, 0) is 87.0 Å². The lowest BCUT2D eigenvalue weighted by Gasteiger charge is -2.23. The SMILES string of the molecule is CC(C)(C)OC(=O)n1cccc1-c1ccc(S(=O)(=O)N(C(=O)c2ccncc2)c2ccc(Cl)cc2)cc1. The molecule has 8 nitrogen and oxygen atoms in total. The van der Waals surface area contributed by atoms with Crippen LogP contribution >= 0.6 is 11.6 Å². The molecule has 0 aliphatic carbocycles. The highest BCUT2D eigenvalue weighted by atomic mass is 35.5. The smallest absolute Gasteiger partial charge is 0.418 e. The van der Waals surface area contributed by atoms with Crippen molar-refractivity contribution in [3.63, 3.8) is 0 Å². The van der Waals surface area contributed by atoms with Gasteiger partial charge in [-0.2, -0.15) is 4.31 Å². The third-order valence-electron chi connectivity index (χ3n) is 5.20. The maximum atomic E-state index is 13.7. The Morgan fingerprint density at radius 1 is 0.919 bits per heavy atom. The van der Waals surface area contributed by atoms with Gasteiger partial charge in [-0.1, -0.05) is 23.7 Å². The van der Waals surface area contributed by atoms with Gasteiger partial charge in [0, 0.05) is 29.2 Å². The number of benzene rings is 2. The fourth-order valence-electron chi connectivity index (χ4n) is 3.54. The number of aromatic nitrogens is 2. The lowest BCUT2D eigenvalue weighted by molar-refractivity contribution is 0.0540. The van der Waals surface area contributed by atoms with Crippen LogP contribution in [0, 0.1) is 0 Å². The van der Waals surface area contributed by atoms with Gasteiger partial charge in [0.15, 0.2) is 0 Å². The number of rotatable bonds is 5. The zero-order valence-corrected chi connectivity index (χ0v) is 21.9. The van der Waals surface area contributed by atoms with Crippen LogP contribution in [0.5, 0.6) is 0 Å². The number of halogens is 1. The average Bonchev–Trinajstić information content (AvgIpc) is 3.35. The Morgan fingerprint density at radius 2 is 1.54 bits per heavy atom.